The molecule has 86 valence electrons. The molecule has 0 heterocycles. The third kappa shape index (κ3) is 2.04. The first kappa shape index (κ1) is 11.3. The maximum atomic E-state index is 13.2. The number of phenolic OH excluding ortho intramolecular Hbond substituents is 1. The van der Waals surface area contributed by atoms with E-state index in [1.54, 1.807) is 18.2 Å². The van der Waals surface area contributed by atoms with Gasteiger partial charge in [0.15, 0.2) is 6.29 Å². The van der Waals surface area contributed by atoms with Gasteiger partial charge < -0.3 is 5.11 Å². The molecule has 0 bridgehead atoms. The first-order chi connectivity index (χ1) is 8.13. The summed E-state index contributed by atoms with van der Waals surface area (Å²) in [5, 5.41) is 9.90. The van der Waals surface area contributed by atoms with Gasteiger partial charge in [-0.3, -0.25) is 4.79 Å². The summed E-state index contributed by atoms with van der Waals surface area (Å²) in [6.07, 6.45) is 0.577. The summed E-state index contributed by atoms with van der Waals surface area (Å²) >= 11 is 0. The molecule has 0 saturated heterocycles. The van der Waals surface area contributed by atoms with Crippen LogP contribution in [0.15, 0.2) is 36.4 Å². The molecule has 2 aromatic rings. The van der Waals surface area contributed by atoms with Gasteiger partial charge in [-0.1, -0.05) is 18.2 Å². The van der Waals surface area contributed by atoms with Crippen molar-refractivity contribution in [3.63, 3.8) is 0 Å². The van der Waals surface area contributed by atoms with Crippen LogP contribution in [0.1, 0.15) is 15.9 Å². The molecule has 3 heteroatoms. The Hall–Kier alpha value is -2.16. The number of hydrogen-bond donors (Lipinski definition) is 1. The lowest BCUT2D eigenvalue weighted by Gasteiger charge is -2.09. The van der Waals surface area contributed by atoms with Crippen LogP contribution in [0.3, 0.4) is 0 Å². The second kappa shape index (κ2) is 4.37. The molecule has 2 rings (SSSR count). The second-order valence-electron chi connectivity index (χ2n) is 3.82. The normalized spacial score (nSPS) is 10.2. The molecule has 0 aliphatic heterocycles. The lowest BCUT2D eigenvalue weighted by atomic mass is 9.98. The van der Waals surface area contributed by atoms with E-state index >= 15 is 0 Å². The van der Waals surface area contributed by atoms with Crippen LogP contribution in [0.25, 0.3) is 11.1 Å². The van der Waals surface area contributed by atoms with Gasteiger partial charge in [0.25, 0.3) is 0 Å². The van der Waals surface area contributed by atoms with Crippen LogP contribution in [0.4, 0.5) is 4.39 Å². The van der Waals surface area contributed by atoms with E-state index in [4.69, 9.17) is 0 Å². The van der Waals surface area contributed by atoms with Crippen molar-refractivity contribution in [1.82, 2.24) is 0 Å². The first-order valence-electron chi connectivity index (χ1n) is 5.17. The molecule has 1 N–H and O–H groups in total. The maximum absolute atomic E-state index is 13.2. The molecule has 0 unspecified atom stereocenters. The van der Waals surface area contributed by atoms with E-state index < -0.39 is 0 Å². The highest BCUT2D eigenvalue weighted by molar-refractivity contribution is 5.86. The molecule has 0 aromatic heterocycles. The number of aldehydes is 1. The number of benzene rings is 2. The SMILES string of the molecule is Cc1ccc(F)cc1-c1cccc(C=O)c1O. The number of carbonyl (C=O) groups is 1. The van der Waals surface area contributed by atoms with Crippen LogP contribution in [0.2, 0.25) is 0 Å². The molecular weight excluding hydrogens is 219 g/mol. The number of halogens is 1. The highest BCUT2D eigenvalue weighted by Gasteiger charge is 2.11. The number of hydrogen-bond acceptors (Lipinski definition) is 2. The van der Waals surface area contributed by atoms with Crippen molar-refractivity contribution in [2.75, 3.05) is 0 Å². The summed E-state index contributed by atoms with van der Waals surface area (Å²) in [5.41, 5.74) is 2.09. The Bertz CT molecular complexity index is 576. The molecule has 0 aliphatic rings. The van der Waals surface area contributed by atoms with Gasteiger partial charge in [-0.15, -0.1) is 0 Å². The molecule has 0 aliphatic carbocycles. The zero-order valence-electron chi connectivity index (χ0n) is 9.27. The smallest absolute Gasteiger partial charge is 0.153 e. The number of aromatic hydroxyl groups is 1. The molecule has 2 nitrogen and oxygen atoms in total. The predicted octanol–water partition coefficient (Wildman–Crippen LogP) is 3.32. The van der Waals surface area contributed by atoms with Crippen LogP contribution < -0.4 is 0 Å². The Morgan fingerprint density at radius 1 is 1.18 bits per heavy atom. The Kier molecular flexibility index (Phi) is 2.91. The molecule has 0 fully saturated rings. The monoisotopic (exact) mass is 230 g/mol. The molecule has 0 radical (unpaired) electrons. The van der Waals surface area contributed by atoms with Crippen molar-refractivity contribution in [2.45, 2.75) is 6.92 Å². The fourth-order valence-corrected chi connectivity index (χ4v) is 1.76. The fraction of sp³-hybridized carbons (Fsp3) is 0.0714. The number of para-hydroxylation sites is 1. The maximum Gasteiger partial charge on any atom is 0.153 e. The molecule has 0 spiro atoms. The van der Waals surface area contributed by atoms with Crippen molar-refractivity contribution in [3.8, 4) is 16.9 Å². The standard InChI is InChI=1S/C14H11FO2/c1-9-5-6-11(15)7-13(9)12-4-2-3-10(8-16)14(12)17/h2-8,17H,1H3. The number of rotatable bonds is 2. The van der Waals surface area contributed by atoms with Gasteiger partial charge in [-0.05, 0) is 36.2 Å². The van der Waals surface area contributed by atoms with E-state index in [1.165, 1.54) is 18.2 Å². The summed E-state index contributed by atoms with van der Waals surface area (Å²) in [6, 6.07) is 9.17. The van der Waals surface area contributed by atoms with Crippen LogP contribution in [0, 0.1) is 12.7 Å². The molecule has 0 atom stereocenters. The van der Waals surface area contributed by atoms with Gasteiger partial charge in [0, 0.05) is 5.56 Å². The lowest BCUT2D eigenvalue weighted by molar-refractivity contribution is 0.112. The third-order valence-corrected chi connectivity index (χ3v) is 2.68. The fourth-order valence-electron chi connectivity index (χ4n) is 1.76. The van der Waals surface area contributed by atoms with E-state index in [-0.39, 0.29) is 17.1 Å². The number of phenols is 1. The van der Waals surface area contributed by atoms with E-state index in [0.717, 1.165) is 5.56 Å². The lowest BCUT2D eigenvalue weighted by Crippen LogP contribution is -1.89. The Morgan fingerprint density at radius 3 is 2.65 bits per heavy atom. The molecule has 2 aromatic carbocycles. The van der Waals surface area contributed by atoms with Crippen molar-refractivity contribution < 1.29 is 14.3 Å². The van der Waals surface area contributed by atoms with Crippen molar-refractivity contribution in [1.29, 1.82) is 0 Å². The summed E-state index contributed by atoms with van der Waals surface area (Å²) in [7, 11) is 0. The molecular formula is C14H11FO2. The minimum absolute atomic E-state index is 0.115. The van der Waals surface area contributed by atoms with Crippen molar-refractivity contribution >= 4 is 6.29 Å². The van der Waals surface area contributed by atoms with Crippen LogP contribution in [0.5, 0.6) is 5.75 Å². The Labute approximate surface area is 98.3 Å². The number of carbonyl (C=O) groups excluding carboxylic acids is 1. The summed E-state index contributed by atoms with van der Waals surface area (Å²) < 4.78 is 13.2. The molecule has 17 heavy (non-hydrogen) atoms. The van der Waals surface area contributed by atoms with Gasteiger partial charge >= 0.3 is 0 Å². The second-order valence-corrected chi connectivity index (χ2v) is 3.82. The van der Waals surface area contributed by atoms with Crippen molar-refractivity contribution in [3.05, 3.63) is 53.3 Å². The quantitative estimate of drug-likeness (QED) is 0.803. The zero-order valence-corrected chi connectivity index (χ0v) is 9.27. The minimum Gasteiger partial charge on any atom is -0.507 e. The van der Waals surface area contributed by atoms with Crippen LogP contribution >= 0.6 is 0 Å². The van der Waals surface area contributed by atoms with Crippen LogP contribution in [-0.2, 0) is 0 Å². The van der Waals surface area contributed by atoms with Gasteiger partial charge in [-0.25, -0.2) is 4.39 Å². The average molecular weight is 230 g/mol. The predicted molar refractivity (Wildman–Crippen MR) is 63.6 cm³/mol. The van der Waals surface area contributed by atoms with Gasteiger partial charge in [-0.2, -0.15) is 0 Å². The topological polar surface area (TPSA) is 37.3 Å². The average Bonchev–Trinajstić information content (AvgIpc) is 2.33. The third-order valence-electron chi connectivity index (χ3n) is 2.68. The minimum atomic E-state index is -0.374. The summed E-state index contributed by atoms with van der Waals surface area (Å²) in [4.78, 5) is 10.7. The largest absolute Gasteiger partial charge is 0.507 e. The highest BCUT2D eigenvalue weighted by atomic mass is 19.1. The Morgan fingerprint density at radius 2 is 1.94 bits per heavy atom. The van der Waals surface area contributed by atoms with E-state index in [2.05, 4.69) is 0 Å². The van der Waals surface area contributed by atoms with Gasteiger partial charge in [0.2, 0.25) is 0 Å². The molecule has 0 saturated carbocycles. The highest BCUT2D eigenvalue weighted by Crippen LogP contribution is 2.33. The Balaban J connectivity index is 2.68. The summed E-state index contributed by atoms with van der Waals surface area (Å²) in [6.45, 7) is 1.82. The van der Waals surface area contributed by atoms with E-state index in [9.17, 15) is 14.3 Å². The first-order valence-corrected chi connectivity index (χ1v) is 5.17. The number of aryl methyl sites for hydroxylation is 1. The van der Waals surface area contributed by atoms with Crippen LogP contribution in [-0.4, -0.2) is 11.4 Å². The molecule has 0 amide bonds. The van der Waals surface area contributed by atoms with E-state index in [1.807, 2.05) is 6.92 Å². The van der Waals surface area contributed by atoms with Gasteiger partial charge in [0.1, 0.15) is 11.6 Å². The van der Waals surface area contributed by atoms with E-state index in [0.29, 0.717) is 17.4 Å². The van der Waals surface area contributed by atoms with Gasteiger partial charge in [0.05, 0.1) is 5.56 Å². The van der Waals surface area contributed by atoms with Crippen molar-refractivity contribution in [2.24, 2.45) is 0 Å². The summed E-state index contributed by atoms with van der Waals surface area (Å²) in [5.74, 6) is -0.488. The zero-order chi connectivity index (χ0) is 12.4.